The Labute approximate surface area is 142 Å². The van der Waals surface area contributed by atoms with Crippen LogP contribution in [-0.2, 0) is 41.8 Å². The molecule has 4 heteroatoms. The van der Waals surface area contributed by atoms with E-state index in [2.05, 4.69) is 20.8 Å². The maximum Gasteiger partial charge on any atom is 0.188 e. The summed E-state index contributed by atoms with van der Waals surface area (Å²) in [6, 6.07) is 0. The Bertz CT molecular complexity index is 170. The van der Waals surface area contributed by atoms with Crippen LogP contribution in [0.1, 0.15) is 74.1 Å². The largest absolute Gasteiger partial charge is 0.330 e. The molecule has 0 aromatic rings. The van der Waals surface area contributed by atoms with E-state index in [-0.39, 0.29) is 53.0 Å². The third-order valence-corrected chi connectivity index (χ3v) is 3.47. The van der Waals surface area contributed by atoms with Crippen molar-refractivity contribution in [1.82, 2.24) is 0 Å². The topological polar surface area (TPSA) is 26.3 Å². The summed E-state index contributed by atoms with van der Waals surface area (Å²) in [5.41, 5.74) is 0.286. The van der Waals surface area contributed by atoms with E-state index in [0.29, 0.717) is 6.61 Å². The van der Waals surface area contributed by atoms with Gasteiger partial charge in [0.15, 0.2) is 8.03 Å². The fourth-order valence-corrected chi connectivity index (χ4v) is 2.95. The first-order valence-corrected chi connectivity index (χ1v) is 8.05. The van der Waals surface area contributed by atoms with Crippen LogP contribution in [0, 0.1) is 5.41 Å². The quantitative estimate of drug-likeness (QED) is 0.491. The van der Waals surface area contributed by atoms with Crippen LogP contribution >= 0.6 is 8.03 Å². The maximum absolute atomic E-state index is 11.1. The monoisotopic (exact) mass is 355 g/mol. The molecule has 0 aliphatic heterocycles. The molecule has 1 unspecified atom stereocenters. The summed E-state index contributed by atoms with van der Waals surface area (Å²) >= 11 is 0. The molecule has 2 nitrogen and oxygen atoms in total. The molecule has 0 fully saturated rings. The van der Waals surface area contributed by atoms with Gasteiger partial charge in [0.2, 0.25) is 0 Å². The summed E-state index contributed by atoms with van der Waals surface area (Å²) in [5, 5.41) is 0. The van der Waals surface area contributed by atoms with E-state index in [4.69, 9.17) is 4.52 Å². The fraction of sp³-hybridized carbons (Fsp3) is 1.00. The summed E-state index contributed by atoms with van der Waals surface area (Å²) in [7, 11) is -1.77. The first-order valence-electron chi connectivity index (χ1n) is 6.23. The van der Waals surface area contributed by atoms with Gasteiger partial charge < -0.3 is 4.52 Å². The van der Waals surface area contributed by atoms with E-state index in [1.54, 1.807) is 6.66 Å². The molecule has 0 spiro atoms. The Balaban J connectivity index is -0.000000327. The van der Waals surface area contributed by atoms with Gasteiger partial charge in [-0.1, -0.05) is 54.9 Å². The van der Waals surface area contributed by atoms with E-state index in [1.165, 1.54) is 38.5 Å². The molecule has 0 amide bonds. The summed E-state index contributed by atoms with van der Waals surface area (Å²) in [6.45, 7) is 9.02. The molecule has 0 rings (SSSR count). The molecule has 0 heterocycles. The minimum Gasteiger partial charge on any atom is -0.330 e. The van der Waals surface area contributed by atoms with Crippen molar-refractivity contribution in [3.8, 4) is 0 Å². The first kappa shape index (κ1) is 27.6. The van der Waals surface area contributed by atoms with Crippen molar-refractivity contribution >= 4 is 8.03 Å². The van der Waals surface area contributed by atoms with Crippen molar-refractivity contribution in [2.24, 2.45) is 5.41 Å². The Morgan fingerprint density at radius 3 is 1.50 bits per heavy atom. The summed E-state index contributed by atoms with van der Waals surface area (Å²) < 4.78 is 16.5. The van der Waals surface area contributed by atoms with Gasteiger partial charge in [0.1, 0.15) is 0 Å². The van der Waals surface area contributed by atoms with Crippen LogP contribution in [0.25, 0.3) is 0 Å². The molecule has 0 N–H and O–H groups in total. The van der Waals surface area contributed by atoms with E-state index in [0.717, 1.165) is 0 Å². The zero-order valence-corrected chi connectivity index (χ0v) is 15.2. The average molecular weight is 355 g/mol. The average Bonchev–Trinajstić information content (AvgIpc) is 2.16. The first-order chi connectivity index (χ1) is 7.10. The fourth-order valence-electron chi connectivity index (χ4n) is 2.44. The molecule has 1 atom stereocenters. The van der Waals surface area contributed by atoms with Gasteiger partial charge in [-0.3, -0.25) is 4.57 Å². The van der Waals surface area contributed by atoms with Crippen LogP contribution in [-0.4, -0.2) is 13.3 Å². The Hall–Kier alpha value is 1.29. The second-order valence-electron chi connectivity index (χ2n) is 4.53. The number of hydrogen-bond acceptors (Lipinski definition) is 2. The molecular weight excluding hydrogens is 320 g/mol. The molecule has 0 aromatic carbocycles. The van der Waals surface area contributed by atoms with E-state index in [1.807, 2.05) is 0 Å². The van der Waals surface area contributed by atoms with Crippen LogP contribution in [0.3, 0.4) is 0 Å². The van der Waals surface area contributed by atoms with Gasteiger partial charge in [0.05, 0.1) is 6.61 Å². The van der Waals surface area contributed by atoms with Gasteiger partial charge in [-0.15, -0.1) is 0 Å². The molecule has 0 aliphatic rings. The molecule has 0 aliphatic carbocycles. The number of hydrogen-bond donors (Lipinski definition) is 0. The van der Waals surface area contributed by atoms with Crippen molar-refractivity contribution in [3.63, 3.8) is 0 Å². The Kier molecular flexibility index (Phi) is 25.1. The molecule has 18 heavy (non-hydrogen) atoms. The van der Waals surface area contributed by atoms with E-state index in [9.17, 15) is 4.57 Å². The predicted octanol–water partition coefficient (Wildman–Crippen LogP) is 5.76. The van der Waals surface area contributed by atoms with Crippen LogP contribution in [0.5, 0.6) is 0 Å². The standard InChI is InChI=1S/C12H27O2P.2CH4.Y/c1-5-8-12(9-6-2,10-7-3)11-14-15(4)13;;;/h15H,5-11H2,1-4H3;2*1H4;. The summed E-state index contributed by atoms with van der Waals surface area (Å²) in [6.07, 6.45) is 7.16. The van der Waals surface area contributed by atoms with E-state index < -0.39 is 8.03 Å². The molecular formula is C14H35O2PY. The van der Waals surface area contributed by atoms with Gasteiger partial charge in [-0.05, 0) is 24.7 Å². The van der Waals surface area contributed by atoms with Gasteiger partial charge in [0.25, 0.3) is 0 Å². The predicted molar refractivity (Wildman–Crippen MR) is 81.5 cm³/mol. The molecule has 0 saturated heterocycles. The van der Waals surface area contributed by atoms with Crippen LogP contribution in [0.15, 0.2) is 0 Å². The van der Waals surface area contributed by atoms with Gasteiger partial charge in [0, 0.05) is 39.4 Å². The minimum absolute atomic E-state index is 0. The van der Waals surface area contributed by atoms with Crippen molar-refractivity contribution < 1.29 is 41.8 Å². The Morgan fingerprint density at radius 1 is 0.944 bits per heavy atom. The van der Waals surface area contributed by atoms with Crippen LogP contribution < -0.4 is 0 Å². The van der Waals surface area contributed by atoms with Gasteiger partial charge in [-0.25, -0.2) is 0 Å². The molecule has 1 radical (unpaired) electrons. The van der Waals surface area contributed by atoms with Crippen LogP contribution in [0.4, 0.5) is 0 Å². The zero-order chi connectivity index (χ0) is 11.7. The van der Waals surface area contributed by atoms with E-state index >= 15 is 0 Å². The minimum atomic E-state index is -1.77. The van der Waals surface area contributed by atoms with Crippen molar-refractivity contribution in [2.45, 2.75) is 74.1 Å². The zero-order valence-electron chi connectivity index (χ0n) is 11.3. The SMILES string of the molecule is C.C.CCCC(CCC)(CCC)CO[PH](C)=O.[Y]. The smallest absolute Gasteiger partial charge is 0.188 e. The second-order valence-corrected chi connectivity index (χ2v) is 5.80. The molecule has 0 bridgehead atoms. The van der Waals surface area contributed by atoms with Crippen LogP contribution in [0.2, 0.25) is 0 Å². The molecule has 0 saturated carbocycles. The van der Waals surface area contributed by atoms with Gasteiger partial charge >= 0.3 is 0 Å². The summed E-state index contributed by atoms with van der Waals surface area (Å²) in [4.78, 5) is 0. The number of rotatable bonds is 9. The van der Waals surface area contributed by atoms with Crippen molar-refractivity contribution in [1.29, 1.82) is 0 Å². The maximum atomic E-state index is 11.1. The third kappa shape index (κ3) is 12.3. The van der Waals surface area contributed by atoms with Crippen molar-refractivity contribution in [2.75, 3.05) is 13.3 Å². The van der Waals surface area contributed by atoms with Crippen molar-refractivity contribution in [3.05, 3.63) is 0 Å². The van der Waals surface area contributed by atoms with Gasteiger partial charge in [-0.2, -0.15) is 0 Å². The molecule has 0 aromatic heterocycles. The second kappa shape index (κ2) is 16.3. The molecule has 111 valence electrons. The normalized spacial score (nSPS) is 11.8. The Morgan fingerprint density at radius 2 is 1.28 bits per heavy atom. The summed E-state index contributed by atoms with van der Waals surface area (Å²) in [5.74, 6) is 0. The third-order valence-electron chi connectivity index (χ3n) is 2.92.